The summed E-state index contributed by atoms with van der Waals surface area (Å²) < 4.78 is 10.3. The van der Waals surface area contributed by atoms with Gasteiger partial charge in [0.25, 0.3) is 0 Å². The van der Waals surface area contributed by atoms with E-state index in [4.69, 9.17) is 9.26 Å². The number of amides is 1. The molecular weight excluding hydrogens is 284 g/mol. The monoisotopic (exact) mass is 302 g/mol. The van der Waals surface area contributed by atoms with Gasteiger partial charge in [-0.1, -0.05) is 11.2 Å². The lowest BCUT2D eigenvalue weighted by atomic mass is 10.1. The summed E-state index contributed by atoms with van der Waals surface area (Å²) in [6.45, 7) is 1.78. The lowest BCUT2D eigenvalue weighted by Crippen LogP contribution is -2.29. The Kier molecular flexibility index (Phi) is 4.43. The third-order valence-corrected chi connectivity index (χ3v) is 3.75. The number of methoxy groups -OCH3 is 1. The van der Waals surface area contributed by atoms with Crippen molar-refractivity contribution >= 4 is 5.91 Å². The summed E-state index contributed by atoms with van der Waals surface area (Å²) in [5.74, 6) is 1.26. The first-order chi connectivity index (χ1) is 10.8. The van der Waals surface area contributed by atoms with Gasteiger partial charge in [0, 0.05) is 26.4 Å². The Morgan fingerprint density at radius 3 is 3.18 bits per heavy atom. The van der Waals surface area contributed by atoms with Crippen molar-refractivity contribution in [2.24, 2.45) is 0 Å². The van der Waals surface area contributed by atoms with Crippen molar-refractivity contribution in [3.8, 4) is 11.5 Å². The molecule has 3 heterocycles. The number of pyridine rings is 1. The van der Waals surface area contributed by atoms with Crippen LogP contribution < -0.4 is 0 Å². The zero-order valence-electron chi connectivity index (χ0n) is 12.4. The maximum absolute atomic E-state index is 12.0. The number of ether oxygens (including phenoxy) is 1. The van der Waals surface area contributed by atoms with Crippen molar-refractivity contribution in [3.05, 3.63) is 30.3 Å². The molecule has 22 heavy (non-hydrogen) atoms. The molecule has 0 spiro atoms. The van der Waals surface area contributed by atoms with Crippen LogP contribution in [-0.2, 0) is 9.53 Å². The predicted molar refractivity (Wildman–Crippen MR) is 78.0 cm³/mol. The summed E-state index contributed by atoms with van der Waals surface area (Å²) >= 11 is 0. The number of aromatic nitrogens is 3. The van der Waals surface area contributed by atoms with Crippen LogP contribution in [-0.4, -0.2) is 52.7 Å². The van der Waals surface area contributed by atoms with Crippen LogP contribution in [0.1, 0.15) is 24.7 Å². The zero-order chi connectivity index (χ0) is 15.4. The van der Waals surface area contributed by atoms with Crippen molar-refractivity contribution in [1.82, 2.24) is 20.0 Å². The van der Waals surface area contributed by atoms with E-state index < -0.39 is 0 Å². The molecule has 0 bridgehead atoms. The summed E-state index contributed by atoms with van der Waals surface area (Å²) in [7, 11) is 1.59. The molecule has 1 saturated heterocycles. The molecule has 0 saturated carbocycles. The highest BCUT2D eigenvalue weighted by atomic mass is 16.5. The summed E-state index contributed by atoms with van der Waals surface area (Å²) in [4.78, 5) is 22.4. The molecule has 2 aromatic rings. The molecule has 1 fully saturated rings. The highest BCUT2D eigenvalue weighted by molar-refractivity contribution is 5.76. The van der Waals surface area contributed by atoms with Crippen LogP contribution in [0.2, 0.25) is 0 Å². The molecule has 0 radical (unpaired) electrons. The fourth-order valence-electron chi connectivity index (χ4n) is 2.54. The molecule has 0 aliphatic carbocycles. The van der Waals surface area contributed by atoms with Gasteiger partial charge in [-0.05, 0) is 18.6 Å². The van der Waals surface area contributed by atoms with E-state index in [0.29, 0.717) is 43.5 Å². The van der Waals surface area contributed by atoms with E-state index >= 15 is 0 Å². The SMILES string of the molecule is COCCC(=O)N1CCC(c2nc(-c3ccccn3)no2)C1. The van der Waals surface area contributed by atoms with Crippen molar-refractivity contribution in [3.63, 3.8) is 0 Å². The van der Waals surface area contributed by atoms with Crippen molar-refractivity contribution < 1.29 is 14.1 Å². The van der Waals surface area contributed by atoms with Crippen LogP contribution in [0.4, 0.5) is 0 Å². The van der Waals surface area contributed by atoms with E-state index in [-0.39, 0.29) is 11.8 Å². The summed E-state index contributed by atoms with van der Waals surface area (Å²) in [6.07, 6.45) is 2.94. The summed E-state index contributed by atoms with van der Waals surface area (Å²) in [6, 6.07) is 5.55. The first kappa shape index (κ1) is 14.6. The van der Waals surface area contributed by atoms with Crippen LogP contribution in [0.15, 0.2) is 28.9 Å². The number of nitrogens with zero attached hydrogens (tertiary/aromatic N) is 4. The van der Waals surface area contributed by atoms with Gasteiger partial charge in [-0.3, -0.25) is 9.78 Å². The number of rotatable bonds is 5. The fraction of sp³-hybridized carbons (Fsp3) is 0.467. The topological polar surface area (TPSA) is 81.4 Å². The van der Waals surface area contributed by atoms with Gasteiger partial charge in [0.1, 0.15) is 5.69 Å². The highest BCUT2D eigenvalue weighted by Gasteiger charge is 2.31. The van der Waals surface area contributed by atoms with Crippen LogP contribution in [0.3, 0.4) is 0 Å². The summed E-state index contributed by atoms with van der Waals surface area (Å²) in [5.41, 5.74) is 0.684. The van der Waals surface area contributed by atoms with E-state index in [1.807, 2.05) is 23.1 Å². The largest absolute Gasteiger partial charge is 0.384 e. The number of carbonyl (C=O) groups is 1. The van der Waals surface area contributed by atoms with E-state index in [9.17, 15) is 4.79 Å². The van der Waals surface area contributed by atoms with E-state index in [1.165, 1.54) is 0 Å². The predicted octanol–water partition coefficient (Wildman–Crippen LogP) is 1.48. The Hall–Kier alpha value is -2.28. The zero-order valence-corrected chi connectivity index (χ0v) is 12.4. The van der Waals surface area contributed by atoms with E-state index in [2.05, 4.69) is 15.1 Å². The molecule has 1 aliphatic heterocycles. The van der Waals surface area contributed by atoms with Crippen molar-refractivity contribution in [2.75, 3.05) is 26.8 Å². The number of carbonyl (C=O) groups excluding carboxylic acids is 1. The van der Waals surface area contributed by atoms with Crippen molar-refractivity contribution in [2.45, 2.75) is 18.8 Å². The minimum absolute atomic E-state index is 0.0939. The van der Waals surface area contributed by atoms with Crippen LogP contribution in [0.25, 0.3) is 11.5 Å². The number of hydrogen-bond acceptors (Lipinski definition) is 6. The van der Waals surface area contributed by atoms with Crippen LogP contribution in [0, 0.1) is 0 Å². The second-order valence-corrected chi connectivity index (χ2v) is 5.24. The molecule has 1 unspecified atom stereocenters. The Morgan fingerprint density at radius 1 is 1.50 bits per heavy atom. The normalized spacial score (nSPS) is 17.9. The fourth-order valence-corrected chi connectivity index (χ4v) is 2.54. The van der Waals surface area contributed by atoms with Gasteiger partial charge in [0.15, 0.2) is 0 Å². The Morgan fingerprint density at radius 2 is 2.41 bits per heavy atom. The summed E-state index contributed by atoms with van der Waals surface area (Å²) in [5, 5.41) is 3.98. The molecule has 7 nitrogen and oxygen atoms in total. The molecule has 0 aromatic carbocycles. The number of likely N-dealkylation sites (tertiary alicyclic amines) is 1. The Labute approximate surface area is 128 Å². The van der Waals surface area contributed by atoms with Crippen LogP contribution in [0.5, 0.6) is 0 Å². The Bertz CT molecular complexity index is 629. The van der Waals surface area contributed by atoms with Gasteiger partial charge < -0.3 is 14.2 Å². The molecule has 7 heteroatoms. The standard InChI is InChI=1S/C15H18N4O3/c1-21-9-6-13(20)19-8-5-11(10-19)15-17-14(18-22-15)12-4-2-3-7-16-12/h2-4,7,11H,5-6,8-10H2,1H3. The molecule has 2 aromatic heterocycles. The minimum atomic E-state index is 0.0939. The molecule has 3 rings (SSSR count). The molecule has 1 atom stereocenters. The molecular formula is C15H18N4O3. The van der Waals surface area contributed by atoms with Crippen LogP contribution >= 0.6 is 0 Å². The van der Waals surface area contributed by atoms with Gasteiger partial charge in [0.2, 0.25) is 17.6 Å². The smallest absolute Gasteiger partial charge is 0.231 e. The maximum atomic E-state index is 12.0. The molecule has 0 N–H and O–H groups in total. The van der Waals surface area contributed by atoms with Gasteiger partial charge in [-0.15, -0.1) is 0 Å². The quantitative estimate of drug-likeness (QED) is 0.832. The lowest BCUT2D eigenvalue weighted by molar-refractivity contribution is -0.131. The Balaban J connectivity index is 1.64. The number of hydrogen-bond donors (Lipinski definition) is 0. The molecule has 1 amide bonds. The lowest BCUT2D eigenvalue weighted by Gasteiger charge is -2.15. The third kappa shape index (κ3) is 3.14. The van der Waals surface area contributed by atoms with Gasteiger partial charge in [-0.2, -0.15) is 4.98 Å². The second-order valence-electron chi connectivity index (χ2n) is 5.24. The van der Waals surface area contributed by atoms with Gasteiger partial charge in [0.05, 0.1) is 18.9 Å². The van der Waals surface area contributed by atoms with E-state index in [1.54, 1.807) is 13.3 Å². The average molecular weight is 302 g/mol. The maximum Gasteiger partial charge on any atom is 0.231 e. The molecule has 116 valence electrons. The third-order valence-electron chi connectivity index (χ3n) is 3.75. The first-order valence-electron chi connectivity index (χ1n) is 7.29. The first-order valence-corrected chi connectivity index (χ1v) is 7.29. The van der Waals surface area contributed by atoms with E-state index in [0.717, 1.165) is 6.42 Å². The van der Waals surface area contributed by atoms with Crippen molar-refractivity contribution in [1.29, 1.82) is 0 Å². The van der Waals surface area contributed by atoms with Gasteiger partial charge >= 0.3 is 0 Å². The van der Waals surface area contributed by atoms with Gasteiger partial charge in [-0.25, -0.2) is 0 Å². The highest BCUT2D eigenvalue weighted by Crippen LogP contribution is 2.27. The average Bonchev–Trinajstić information content (AvgIpc) is 3.22. The minimum Gasteiger partial charge on any atom is -0.384 e. The second kappa shape index (κ2) is 6.65. The molecule has 1 aliphatic rings.